The van der Waals surface area contributed by atoms with Crippen molar-refractivity contribution in [2.45, 2.75) is 38.0 Å². The zero-order valence-electron chi connectivity index (χ0n) is 15.5. The Bertz CT molecular complexity index is 840. The summed E-state index contributed by atoms with van der Waals surface area (Å²) < 4.78 is 32.1. The average Bonchev–Trinajstić information content (AvgIpc) is 2.59. The van der Waals surface area contributed by atoms with Gasteiger partial charge in [0.15, 0.2) is 0 Å². The molecule has 0 aliphatic rings. The lowest BCUT2D eigenvalue weighted by Crippen LogP contribution is -2.32. The van der Waals surface area contributed by atoms with Gasteiger partial charge in [0, 0.05) is 6.42 Å². The second kappa shape index (κ2) is 8.36. The van der Waals surface area contributed by atoms with Crippen LogP contribution in [0.2, 0.25) is 0 Å². The van der Waals surface area contributed by atoms with Gasteiger partial charge in [-0.15, -0.1) is 0 Å². The molecule has 0 radical (unpaired) electrons. The van der Waals surface area contributed by atoms with Crippen molar-refractivity contribution in [2.75, 3.05) is 7.11 Å². The van der Waals surface area contributed by atoms with Gasteiger partial charge < -0.3 is 4.74 Å². The number of ether oxygens (including phenoxy) is 1. The Labute approximate surface area is 155 Å². The van der Waals surface area contributed by atoms with E-state index in [-0.39, 0.29) is 23.2 Å². The molecular formula is C20H25NO4S. The minimum Gasteiger partial charge on any atom is -0.497 e. The van der Waals surface area contributed by atoms with Gasteiger partial charge >= 0.3 is 0 Å². The lowest BCUT2D eigenvalue weighted by Gasteiger charge is -2.21. The molecule has 1 unspecified atom stereocenters. The first kappa shape index (κ1) is 20.0. The van der Waals surface area contributed by atoms with Gasteiger partial charge in [-0.2, -0.15) is 0 Å². The quantitative estimate of drug-likeness (QED) is 0.802. The lowest BCUT2D eigenvalue weighted by molar-refractivity contribution is -0.119. The highest BCUT2D eigenvalue weighted by molar-refractivity contribution is 7.90. The van der Waals surface area contributed by atoms with E-state index in [4.69, 9.17) is 4.74 Å². The van der Waals surface area contributed by atoms with E-state index in [2.05, 4.69) is 4.72 Å². The van der Waals surface area contributed by atoms with E-state index >= 15 is 0 Å². The lowest BCUT2D eigenvalue weighted by atomic mass is 9.85. The number of carbonyl (C=O) groups excluding carboxylic acids is 1. The molecule has 0 bridgehead atoms. The molecule has 0 aromatic heterocycles. The summed E-state index contributed by atoms with van der Waals surface area (Å²) in [5.41, 5.74) is 1.93. The van der Waals surface area contributed by atoms with Crippen LogP contribution in [0.25, 0.3) is 0 Å². The van der Waals surface area contributed by atoms with Gasteiger partial charge in [-0.3, -0.25) is 4.79 Å². The van der Waals surface area contributed by atoms with Gasteiger partial charge in [-0.05, 0) is 48.6 Å². The predicted molar refractivity (Wildman–Crippen MR) is 102 cm³/mol. The van der Waals surface area contributed by atoms with Crippen LogP contribution in [0, 0.1) is 12.8 Å². The fourth-order valence-corrected chi connectivity index (χ4v) is 3.75. The number of hydrogen-bond acceptors (Lipinski definition) is 4. The van der Waals surface area contributed by atoms with Gasteiger partial charge in [0.25, 0.3) is 10.0 Å². The summed E-state index contributed by atoms with van der Waals surface area (Å²) in [6.45, 7) is 5.89. The first-order valence-corrected chi connectivity index (χ1v) is 9.97. The van der Waals surface area contributed by atoms with Crippen LogP contribution in [-0.2, 0) is 14.8 Å². The Morgan fingerprint density at radius 3 is 2.12 bits per heavy atom. The Morgan fingerprint density at radius 1 is 1.04 bits per heavy atom. The third-order valence-electron chi connectivity index (χ3n) is 4.33. The molecule has 26 heavy (non-hydrogen) atoms. The van der Waals surface area contributed by atoms with E-state index in [1.807, 2.05) is 45.0 Å². The highest BCUT2D eigenvalue weighted by Gasteiger charge is 2.23. The fraction of sp³-hybridized carbons (Fsp3) is 0.350. The van der Waals surface area contributed by atoms with Crippen LogP contribution in [0.15, 0.2) is 53.4 Å². The first-order valence-electron chi connectivity index (χ1n) is 8.49. The molecule has 140 valence electrons. The van der Waals surface area contributed by atoms with E-state index in [9.17, 15) is 13.2 Å². The summed E-state index contributed by atoms with van der Waals surface area (Å²) in [7, 11) is -2.26. The van der Waals surface area contributed by atoms with Crippen LogP contribution in [0.1, 0.15) is 37.3 Å². The summed E-state index contributed by atoms with van der Waals surface area (Å²) in [6, 6.07) is 13.9. The number of nitrogens with one attached hydrogen (secondary N) is 1. The molecule has 0 saturated carbocycles. The maximum absolute atomic E-state index is 12.4. The molecular weight excluding hydrogens is 350 g/mol. The standard InChI is InChI=1S/C20H25NO4S/c1-14(2)19(16-7-9-17(25-4)10-8-16)13-20(22)21-26(23,24)18-11-5-15(3)6-12-18/h5-12,14,19H,13H2,1-4H3,(H,21,22). The van der Waals surface area contributed by atoms with Crippen LogP contribution in [0.5, 0.6) is 5.75 Å². The van der Waals surface area contributed by atoms with Crippen molar-refractivity contribution in [1.29, 1.82) is 0 Å². The van der Waals surface area contributed by atoms with E-state index in [0.717, 1.165) is 16.9 Å². The van der Waals surface area contributed by atoms with Gasteiger partial charge in [0.05, 0.1) is 12.0 Å². The molecule has 0 aliphatic carbocycles. The third-order valence-corrected chi connectivity index (χ3v) is 5.72. The summed E-state index contributed by atoms with van der Waals surface area (Å²) in [5, 5.41) is 0. The first-order chi connectivity index (χ1) is 12.2. The Balaban J connectivity index is 2.13. The molecule has 1 N–H and O–H groups in total. The van der Waals surface area contributed by atoms with Crippen LogP contribution in [0.4, 0.5) is 0 Å². The minimum absolute atomic E-state index is 0.0852. The fourth-order valence-electron chi connectivity index (χ4n) is 2.76. The van der Waals surface area contributed by atoms with Crippen LogP contribution < -0.4 is 9.46 Å². The molecule has 6 heteroatoms. The van der Waals surface area contributed by atoms with E-state index < -0.39 is 15.9 Å². The molecule has 1 amide bonds. The maximum atomic E-state index is 12.4. The van der Waals surface area contributed by atoms with Crippen LogP contribution in [0.3, 0.4) is 0 Å². The summed E-state index contributed by atoms with van der Waals surface area (Å²) in [4.78, 5) is 12.5. The van der Waals surface area contributed by atoms with Gasteiger partial charge in [0.1, 0.15) is 5.75 Å². The predicted octanol–water partition coefficient (Wildman–Crippen LogP) is 3.64. The molecule has 1 atom stereocenters. The van der Waals surface area contributed by atoms with Crippen LogP contribution in [-0.4, -0.2) is 21.4 Å². The monoisotopic (exact) mass is 375 g/mol. The molecule has 0 aliphatic heterocycles. The Kier molecular flexibility index (Phi) is 6.42. The molecule has 0 spiro atoms. The molecule has 0 fully saturated rings. The maximum Gasteiger partial charge on any atom is 0.264 e. The summed E-state index contributed by atoms with van der Waals surface area (Å²) in [6.07, 6.45) is 0.0923. The topological polar surface area (TPSA) is 72.5 Å². The van der Waals surface area contributed by atoms with Crippen molar-refractivity contribution in [3.05, 3.63) is 59.7 Å². The summed E-state index contributed by atoms with van der Waals surface area (Å²) in [5.74, 6) is 0.313. The van der Waals surface area contributed by atoms with Gasteiger partial charge in [-0.1, -0.05) is 43.7 Å². The zero-order chi connectivity index (χ0) is 19.3. The third kappa shape index (κ3) is 5.08. The molecule has 0 saturated heterocycles. The molecule has 2 aromatic rings. The van der Waals surface area contributed by atoms with Crippen molar-refractivity contribution in [2.24, 2.45) is 5.92 Å². The highest BCUT2D eigenvalue weighted by Crippen LogP contribution is 2.29. The SMILES string of the molecule is COc1ccc(C(CC(=O)NS(=O)(=O)c2ccc(C)cc2)C(C)C)cc1. The number of amides is 1. The number of aryl methyl sites for hydroxylation is 1. The number of rotatable bonds is 7. The van der Waals surface area contributed by atoms with Crippen molar-refractivity contribution in [1.82, 2.24) is 4.72 Å². The normalized spacial score (nSPS) is 12.7. The number of carbonyl (C=O) groups is 1. The number of sulfonamides is 1. The van der Waals surface area contributed by atoms with E-state index in [1.54, 1.807) is 19.2 Å². The summed E-state index contributed by atoms with van der Waals surface area (Å²) >= 11 is 0. The van der Waals surface area contributed by atoms with Crippen LogP contribution >= 0.6 is 0 Å². The second-order valence-corrected chi connectivity index (χ2v) is 8.35. The molecule has 2 aromatic carbocycles. The van der Waals surface area contributed by atoms with Crippen molar-refractivity contribution < 1.29 is 17.9 Å². The average molecular weight is 375 g/mol. The molecule has 0 heterocycles. The Hall–Kier alpha value is -2.34. The van der Waals surface area contributed by atoms with E-state index in [0.29, 0.717) is 0 Å². The zero-order valence-corrected chi connectivity index (χ0v) is 16.3. The van der Waals surface area contributed by atoms with E-state index in [1.165, 1.54) is 12.1 Å². The number of benzene rings is 2. The highest BCUT2D eigenvalue weighted by atomic mass is 32.2. The van der Waals surface area contributed by atoms with Gasteiger partial charge in [-0.25, -0.2) is 13.1 Å². The Morgan fingerprint density at radius 2 is 1.62 bits per heavy atom. The number of hydrogen-bond donors (Lipinski definition) is 1. The second-order valence-electron chi connectivity index (χ2n) is 6.67. The minimum atomic E-state index is -3.86. The van der Waals surface area contributed by atoms with Crippen molar-refractivity contribution >= 4 is 15.9 Å². The largest absolute Gasteiger partial charge is 0.497 e. The van der Waals surface area contributed by atoms with Gasteiger partial charge in [0.2, 0.25) is 5.91 Å². The molecule has 2 rings (SSSR count). The number of methoxy groups -OCH3 is 1. The smallest absolute Gasteiger partial charge is 0.264 e. The van der Waals surface area contributed by atoms with Crippen molar-refractivity contribution in [3.8, 4) is 5.75 Å². The molecule has 5 nitrogen and oxygen atoms in total. The van der Waals surface area contributed by atoms with Crippen molar-refractivity contribution in [3.63, 3.8) is 0 Å².